The molecule has 1 aromatic heterocycles. The zero-order chi connectivity index (χ0) is 8.55. The summed E-state index contributed by atoms with van der Waals surface area (Å²) in [6.07, 6.45) is 4.13. The summed E-state index contributed by atoms with van der Waals surface area (Å²) >= 11 is 0. The minimum Gasteiger partial charge on any atom is -0.493 e. The van der Waals surface area contributed by atoms with Gasteiger partial charge in [0.15, 0.2) is 0 Å². The molecule has 0 unspecified atom stereocenters. The van der Waals surface area contributed by atoms with Gasteiger partial charge in [0.2, 0.25) is 0 Å². The molecule has 12 heavy (non-hydrogen) atoms. The Morgan fingerprint density at radius 2 is 2.25 bits per heavy atom. The van der Waals surface area contributed by atoms with Gasteiger partial charge in [-0.25, -0.2) is 0 Å². The summed E-state index contributed by atoms with van der Waals surface area (Å²) in [6, 6.07) is 0. The SMILES string of the molecule is Cc1cnc(C)c2c1OCCC2. The zero-order valence-corrected chi connectivity index (χ0v) is 7.55. The third-order valence-electron chi connectivity index (χ3n) is 2.34. The van der Waals surface area contributed by atoms with Crippen LogP contribution in [0.25, 0.3) is 0 Å². The highest BCUT2D eigenvalue weighted by molar-refractivity contribution is 5.42. The second-order valence-corrected chi connectivity index (χ2v) is 3.29. The van der Waals surface area contributed by atoms with Crippen molar-refractivity contribution in [3.63, 3.8) is 0 Å². The average Bonchev–Trinajstić information content (AvgIpc) is 2.12. The van der Waals surface area contributed by atoms with Crippen LogP contribution in [0.15, 0.2) is 6.20 Å². The molecule has 0 spiro atoms. The van der Waals surface area contributed by atoms with Crippen molar-refractivity contribution in [2.45, 2.75) is 26.7 Å². The van der Waals surface area contributed by atoms with Gasteiger partial charge >= 0.3 is 0 Å². The van der Waals surface area contributed by atoms with E-state index in [1.165, 1.54) is 5.56 Å². The lowest BCUT2D eigenvalue weighted by atomic mass is 10.0. The van der Waals surface area contributed by atoms with Crippen LogP contribution < -0.4 is 4.74 Å². The van der Waals surface area contributed by atoms with E-state index in [1.807, 2.05) is 13.1 Å². The Morgan fingerprint density at radius 1 is 1.42 bits per heavy atom. The fourth-order valence-corrected chi connectivity index (χ4v) is 1.65. The summed E-state index contributed by atoms with van der Waals surface area (Å²) in [5, 5.41) is 0. The molecular formula is C10H13NO. The van der Waals surface area contributed by atoms with Gasteiger partial charge < -0.3 is 4.74 Å². The van der Waals surface area contributed by atoms with Crippen molar-refractivity contribution in [3.8, 4) is 5.75 Å². The Labute approximate surface area is 72.6 Å². The molecular weight excluding hydrogens is 150 g/mol. The smallest absolute Gasteiger partial charge is 0.128 e. The normalized spacial score (nSPS) is 15.2. The van der Waals surface area contributed by atoms with Gasteiger partial charge in [-0.15, -0.1) is 0 Å². The molecule has 0 amide bonds. The van der Waals surface area contributed by atoms with E-state index in [0.29, 0.717) is 0 Å². The Morgan fingerprint density at radius 3 is 3.00 bits per heavy atom. The van der Waals surface area contributed by atoms with Crippen LogP contribution >= 0.6 is 0 Å². The Hall–Kier alpha value is -1.05. The predicted molar refractivity (Wildman–Crippen MR) is 47.5 cm³/mol. The van der Waals surface area contributed by atoms with Crippen molar-refractivity contribution in [2.24, 2.45) is 0 Å². The summed E-state index contributed by atoms with van der Waals surface area (Å²) in [5.74, 6) is 1.08. The summed E-state index contributed by atoms with van der Waals surface area (Å²) in [7, 11) is 0. The first kappa shape index (κ1) is 7.59. The maximum atomic E-state index is 5.60. The molecule has 2 rings (SSSR count). The molecule has 2 heterocycles. The largest absolute Gasteiger partial charge is 0.493 e. The van der Waals surface area contributed by atoms with E-state index in [9.17, 15) is 0 Å². The van der Waals surface area contributed by atoms with Gasteiger partial charge in [0.1, 0.15) is 5.75 Å². The van der Waals surface area contributed by atoms with E-state index < -0.39 is 0 Å². The molecule has 2 nitrogen and oxygen atoms in total. The van der Waals surface area contributed by atoms with Crippen LogP contribution in [-0.2, 0) is 6.42 Å². The fraction of sp³-hybridized carbons (Fsp3) is 0.500. The van der Waals surface area contributed by atoms with Crippen molar-refractivity contribution in [1.29, 1.82) is 0 Å². The number of aromatic nitrogens is 1. The van der Waals surface area contributed by atoms with Crippen LogP contribution in [0, 0.1) is 13.8 Å². The van der Waals surface area contributed by atoms with Gasteiger partial charge in [-0.3, -0.25) is 4.98 Å². The van der Waals surface area contributed by atoms with Crippen LogP contribution in [-0.4, -0.2) is 11.6 Å². The van der Waals surface area contributed by atoms with Crippen molar-refractivity contribution >= 4 is 0 Å². The molecule has 2 heteroatoms. The molecule has 1 aromatic rings. The fourth-order valence-electron chi connectivity index (χ4n) is 1.65. The van der Waals surface area contributed by atoms with Crippen molar-refractivity contribution in [1.82, 2.24) is 4.98 Å². The van der Waals surface area contributed by atoms with Gasteiger partial charge in [0.05, 0.1) is 6.61 Å². The van der Waals surface area contributed by atoms with E-state index >= 15 is 0 Å². The predicted octanol–water partition coefficient (Wildman–Crippen LogP) is 2.02. The van der Waals surface area contributed by atoms with Crippen LogP contribution in [0.1, 0.15) is 23.2 Å². The van der Waals surface area contributed by atoms with E-state index in [-0.39, 0.29) is 0 Å². The zero-order valence-electron chi connectivity index (χ0n) is 7.55. The number of ether oxygens (including phenoxy) is 1. The van der Waals surface area contributed by atoms with Crippen LogP contribution in [0.3, 0.4) is 0 Å². The summed E-state index contributed by atoms with van der Waals surface area (Å²) in [5.41, 5.74) is 3.59. The number of pyridine rings is 1. The van der Waals surface area contributed by atoms with E-state index in [2.05, 4.69) is 11.9 Å². The number of hydrogen-bond donors (Lipinski definition) is 0. The molecule has 0 saturated heterocycles. The Kier molecular flexibility index (Phi) is 1.75. The third-order valence-corrected chi connectivity index (χ3v) is 2.34. The lowest BCUT2D eigenvalue weighted by molar-refractivity contribution is 0.285. The summed E-state index contributed by atoms with van der Waals surface area (Å²) < 4.78 is 5.60. The van der Waals surface area contributed by atoms with Gasteiger partial charge in [-0.1, -0.05) is 0 Å². The molecule has 0 N–H and O–H groups in total. The topological polar surface area (TPSA) is 22.1 Å². The van der Waals surface area contributed by atoms with E-state index in [0.717, 1.165) is 36.5 Å². The van der Waals surface area contributed by atoms with Crippen molar-refractivity contribution < 1.29 is 4.74 Å². The second kappa shape index (κ2) is 2.77. The molecule has 0 saturated carbocycles. The first-order valence-electron chi connectivity index (χ1n) is 4.37. The molecule has 0 atom stereocenters. The maximum absolute atomic E-state index is 5.60. The maximum Gasteiger partial charge on any atom is 0.128 e. The number of aryl methyl sites for hydroxylation is 2. The summed E-state index contributed by atoms with van der Waals surface area (Å²) in [4.78, 5) is 4.31. The molecule has 0 aromatic carbocycles. The standard InChI is InChI=1S/C10H13NO/c1-7-6-11-8(2)9-4-3-5-12-10(7)9/h6H,3-5H2,1-2H3. The highest BCUT2D eigenvalue weighted by Crippen LogP contribution is 2.29. The van der Waals surface area contributed by atoms with Crippen LogP contribution in [0.5, 0.6) is 5.75 Å². The van der Waals surface area contributed by atoms with E-state index in [4.69, 9.17) is 4.74 Å². The van der Waals surface area contributed by atoms with Crippen LogP contribution in [0.2, 0.25) is 0 Å². The number of nitrogens with zero attached hydrogens (tertiary/aromatic N) is 1. The molecule has 1 aliphatic rings. The van der Waals surface area contributed by atoms with Crippen LogP contribution in [0.4, 0.5) is 0 Å². The minimum absolute atomic E-state index is 0.858. The first-order valence-corrected chi connectivity index (χ1v) is 4.37. The Balaban J connectivity index is 2.57. The van der Waals surface area contributed by atoms with Gasteiger partial charge in [-0.2, -0.15) is 0 Å². The molecule has 1 aliphatic heterocycles. The van der Waals surface area contributed by atoms with Gasteiger partial charge in [0.25, 0.3) is 0 Å². The minimum atomic E-state index is 0.858. The van der Waals surface area contributed by atoms with E-state index in [1.54, 1.807) is 0 Å². The monoisotopic (exact) mass is 163 g/mol. The Bertz CT molecular complexity index is 276. The number of fused-ring (bicyclic) bond motifs is 1. The second-order valence-electron chi connectivity index (χ2n) is 3.29. The molecule has 0 fully saturated rings. The quantitative estimate of drug-likeness (QED) is 0.583. The molecule has 0 radical (unpaired) electrons. The lowest BCUT2D eigenvalue weighted by Crippen LogP contribution is -2.11. The molecule has 64 valence electrons. The third kappa shape index (κ3) is 1.07. The molecule has 0 aliphatic carbocycles. The van der Waals surface area contributed by atoms with Gasteiger partial charge in [0, 0.05) is 23.0 Å². The van der Waals surface area contributed by atoms with Crippen molar-refractivity contribution in [3.05, 3.63) is 23.0 Å². The number of hydrogen-bond acceptors (Lipinski definition) is 2. The lowest BCUT2D eigenvalue weighted by Gasteiger charge is -2.20. The highest BCUT2D eigenvalue weighted by Gasteiger charge is 2.14. The van der Waals surface area contributed by atoms with Crippen molar-refractivity contribution in [2.75, 3.05) is 6.61 Å². The highest BCUT2D eigenvalue weighted by atomic mass is 16.5. The summed E-state index contributed by atoms with van der Waals surface area (Å²) in [6.45, 7) is 4.96. The number of rotatable bonds is 0. The van der Waals surface area contributed by atoms with Gasteiger partial charge in [-0.05, 0) is 26.7 Å². The first-order chi connectivity index (χ1) is 5.79. The average molecular weight is 163 g/mol. The molecule has 0 bridgehead atoms.